The average molecular weight is 444 g/mol. The van der Waals surface area contributed by atoms with Gasteiger partial charge in [0.15, 0.2) is 0 Å². The predicted molar refractivity (Wildman–Crippen MR) is 123 cm³/mol. The lowest BCUT2D eigenvalue weighted by Gasteiger charge is -2.32. The first kappa shape index (κ1) is 23.0. The average Bonchev–Trinajstić information content (AvgIpc) is 3.19. The van der Waals surface area contributed by atoms with Crippen LogP contribution in [-0.4, -0.2) is 56.8 Å². The van der Waals surface area contributed by atoms with Crippen LogP contribution in [0.1, 0.15) is 50.0 Å². The summed E-state index contributed by atoms with van der Waals surface area (Å²) in [7, 11) is 0. The molecule has 2 heterocycles. The van der Waals surface area contributed by atoms with E-state index in [9.17, 15) is 9.59 Å². The number of amides is 2. The van der Waals surface area contributed by atoms with Gasteiger partial charge in [-0.2, -0.15) is 0 Å². The van der Waals surface area contributed by atoms with Crippen LogP contribution in [0.2, 0.25) is 5.02 Å². The van der Waals surface area contributed by atoms with Crippen molar-refractivity contribution in [1.82, 2.24) is 19.4 Å². The molecule has 0 bridgehead atoms. The number of nitrogens with zero attached hydrogens (tertiary/aromatic N) is 4. The molecule has 0 unspecified atom stereocenters. The summed E-state index contributed by atoms with van der Waals surface area (Å²) in [6.07, 6.45) is 5.16. The molecule has 0 fully saturated rings. The lowest BCUT2D eigenvalue weighted by molar-refractivity contribution is -0.128. The number of hydrogen-bond acceptors (Lipinski definition) is 4. The highest BCUT2D eigenvalue weighted by Gasteiger charge is 2.29. The number of carbonyl (C=O) groups excluding carboxylic acids is 2. The summed E-state index contributed by atoms with van der Waals surface area (Å²) in [5.74, 6) is 0.384. The fourth-order valence-electron chi connectivity index (χ4n) is 3.98. The molecular weight excluding hydrogens is 414 g/mol. The number of likely N-dealkylation sites (N-methyl/N-ethyl adjacent to an activating group) is 1. The molecule has 1 aliphatic heterocycles. The smallest absolute Gasteiger partial charge is 0.273 e. The number of nitrogens with one attached hydrogen (secondary N) is 1. The van der Waals surface area contributed by atoms with Gasteiger partial charge in [0.1, 0.15) is 11.5 Å². The number of fused-ring (bicyclic) bond motifs is 1. The maximum absolute atomic E-state index is 12.8. The molecule has 0 aliphatic carbocycles. The molecule has 2 atom stereocenters. The zero-order valence-electron chi connectivity index (χ0n) is 18.5. The van der Waals surface area contributed by atoms with E-state index in [1.54, 1.807) is 29.3 Å². The van der Waals surface area contributed by atoms with Crippen LogP contribution in [0.25, 0.3) is 0 Å². The number of benzene rings is 1. The van der Waals surface area contributed by atoms with Crippen LogP contribution in [0.3, 0.4) is 0 Å². The molecule has 0 saturated carbocycles. The van der Waals surface area contributed by atoms with Crippen LogP contribution in [0, 0.1) is 0 Å². The van der Waals surface area contributed by atoms with Crippen molar-refractivity contribution < 1.29 is 9.59 Å². The van der Waals surface area contributed by atoms with Gasteiger partial charge in [0.05, 0.1) is 29.5 Å². The third kappa shape index (κ3) is 5.17. The van der Waals surface area contributed by atoms with Crippen LogP contribution >= 0.6 is 11.6 Å². The van der Waals surface area contributed by atoms with E-state index in [-0.39, 0.29) is 23.9 Å². The molecule has 3 rings (SSSR count). The van der Waals surface area contributed by atoms with Crippen LogP contribution in [0.4, 0.5) is 5.69 Å². The van der Waals surface area contributed by atoms with Crippen molar-refractivity contribution in [1.29, 1.82) is 0 Å². The number of carbonyl (C=O) groups is 2. The Bertz CT molecular complexity index is 967. The summed E-state index contributed by atoms with van der Waals surface area (Å²) in [6.45, 7) is 11.1. The van der Waals surface area contributed by atoms with Gasteiger partial charge in [0, 0.05) is 18.7 Å². The zero-order chi connectivity index (χ0) is 22.5. The van der Waals surface area contributed by atoms with Gasteiger partial charge < -0.3 is 14.8 Å². The maximum atomic E-state index is 12.8. The lowest BCUT2D eigenvalue weighted by Crippen LogP contribution is -2.41. The molecule has 7 nitrogen and oxygen atoms in total. The first-order valence-corrected chi connectivity index (χ1v) is 11.1. The van der Waals surface area contributed by atoms with Gasteiger partial charge in [-0.1, -0.05) is 43.7 Å². The van der Waals surface area contributed by atoms with E-state index >= 15 is 0 Å². The summed E-state index contributed by atoms with van der Waals surface area (Å²) in [6, 6.07) is 7.23. The molecule has 1 N–H and O–H groups in total. The second-order valence-electron chi connectivity index (χ2n) is 7.75. The summed E-state index contributed by atoms with van der Waals surface area (Å²) in [5.41, 5.74) is 1.01. The van der Waals surface area contributed by atoms with Gasteiger partial charge >= 0.3 is 0 Å². The van der Waals surface area contributed by atoms with Gasteiger partial charge in [0.2, 0.25) is 5.91 Å². The van der Waals surface area contributed by atoms with Crippen molar-refractivity contribution in [3.05, 3.63) is 59.2 Å². The van der Waals surface area contributed by atoms with E-state index in [2.05, 4.69) is 36.0 Å². The van der Waals surface area contributed by atoms with Crippen molar-refractivity contribution in [3.8, 4) is 0 Å². The number of rotatable bonds is 7. The minimum Gasteiger partial charge on any atom is -0.330 e. The molecule has 166 valence electrons. The van der Waals surface area contributed by atoms with Crippen LogP contribution in [0.5, 0.6) is 0 Å². The van der Waals surface area contributed by atoms with E-state index in [1.165, 1.54) is 0 Å². The van der Waals surface area contributed by atoms with Gasteiger partial charge in [-0.05, 0) is 39.1 Å². The molecule has 31 heavy (non-hydrogen) atoms. The van der Waals surface area contributed by atoms with Crippen LogP contribution in [-0.2, 0) is 11.3 Å². The SMILES string of the molecule is CCN(CC)[C@@H](C)/C=C/C(=O)N1Cc2ncc(C(=O)Nc3ccccc3Cl)n2[C@H](C)C1. The lowest BCUT2D eigenvalue weighted by atomic mass is 10.2. The molecule has 0 radical (unpaired) electrons. The Hall–Kier alpha value is -2.64. The number of anilines is 1. The van der Waals surface area contributed by atoms with Crippen molar-refractivity contribution in [3.63, 3.8) is 0 Å². The summed E-state index contributed by atoms with van der Waals surface area (Å²) in [4.78, 5) is 34.1. The van der Waals surface area contributed by atoms with Crippen molar-refractivity contribution in [2.24, 2.45) is 0 Å². The molecule has 1 aromatic heterocycles. The Morgan fingerprint density at radius 3 is 2.71 bits per heavy atom. The maximum Gasteiger partial charge on any atom is 0.273 e. The normalized spacial score (nSPS) is 17.1. The minimum atomic E-state index is -0.272. The Kier molecular flexibility index (Phi) is 7.51. The molecule has 1 aromatic carbocycles. The van der Waals surface area contributed by atoms with E-state index in [0.717, 1.165) is 13.1 Å². The summed E-state index contributed by atoms with van der Waals surface area (Å²) in [5, 5.41) is 3.32. The summed E-state index contributed by atoms with van der Waals surface area (Å²) >= 11 is 6.15. The highest BCUT2D eigenvalue weighted by molar-refractivity contribution is 6.33. The van der Waals surface area contributed by atoms with Crippen LogP contribution in [0.15, 0.2) is 42.6 Å². The minimum absolute atomic E-state index is 0.0397. The fourth-order valence-corrected chi connectivity index (χ4v) is 4.16. The molecule has 2 aromatic rings. The molecular formula is C23H30ClN5O2. The fraction of sp³-hybridized carbons (Fsp3) is 0.435. The second-order valence-corrected chi connectivity index (χ2v) is 8.16. The third-order valence-electron chi connectivity index (χ3n) is 5.70. The standard InChI is InChI=1S/C23H30ClN5O2/c1-5-27(6-2)16(3)11-12-22(30)28-14-17(4)29-20(13-25-21(29)15-28)23(31)26-19-10-8-7-9-18(19)24/h7-13,16-17H,5-6,14-15H2,1-4H3,(H,26,31)/b12-11+/t16-,17+/m0/s1. The van der Waals surface area contributed by atoms with E-state index in [1.807, 2.05) is 29.7 Å². The number of halogens is 1. The highest BCUT2D eigenvalue weighted by atomic mass is 35.5. The Labute approximate surface area is 188 Å². The van der Waals surface area contributed by atoms with Gasteiger partial charge in [-0.3, -0.25) is 14.5 Å². The number of hydrogen-bond donors (Lipinski definition) is 1. The Morgan fingerprint density at radius 2 is 2.03 bits per heavy atom. The van der Waals surface area contributed by atoms with Crippen molar-refractivity contribution in [2.45, 2.75) is 46.3 Å². The monoisotopic (exact) mass is 443 g/mol. The third-order valence-corrected chi connectivity index (χ3v) is 6.03. The number of aromatic nitrogens is 2. The highest BCUT2D eigenvalue weighted by Crippen LogP contribution is 2.25. The van der Waals surface area contributed by atoms with E-state index < -0.39 is 0 Å². The second kappa shape index (κ2) is 10.1. The first-order chi connectivity index (χ1) is 14.8. The Balaban J connectivity index is 1.71. The quantitative estimate of drug-likeness (QED) is 0.657. The van der Waals surface area contributed by atoms with Gasteiger partial charge in [0.25, 0.3) is 5.91 Å². The Morgan fingerprint density at radius 1 is 1.32 bits per heavy atom. The van der Waals surface area contributed by atoms with Gasteiger partial charge in [-0.15, -0.1) is 0 Å². The zero-order valence-corrected chi connectivity index (χ0v) is 19.3. The van der Waals surface area contributed by atoms with Gasteiger partial charge in [-0.25, -0.2) is 4.98 Å². The van der Waals surface area contributed by atoms with Crippen molar-refractivity contribution in [2.75, 3.05) is 25.0 Å². The molecule has 1 aliphatic rings. The topological polar surface area (TPSA) is 70.5 Å². The largest absolute Gasteiger partial charge is 0.330 e. The molecule has 2 amide bonds. The predicted octanol–water partition coefficient (Wildman–Crippen LogP) is 3.98. The molecule has 0 saturated heterocycles. The first-order valence-electron chi connectivity index (χ1n) is 10.7. The van der Waals surface area contributed by atoms with Crippen molar-refractivity contribution >= 4 is 29.1 Å². The van der Waals surface area contributed by atoms with E-state index in [0.29, 0.717) is 35.3 Å². The summed E-state index contributed by atoms with van der Waals surface area (Å²) < 4.78 is 1.90. The van der Waals surface area contributed by atoms with E-state index in [4.69, 9.17) is 11.6 Å². The number of imidazole rings is 1. The molecule has 0 spiro atoms. The molecule has 8 heteroatoms. The number of para-hydroxylation sites is 1. The van der Waals surface area contributed by atoms with Crippen LogP contribution < -0.4 is 5.32 Å².